The second kappa shape index (κ2) is 9.87. The van der Waals surface area contributed by atoms with Gasteiger partial charge in [0.25, 0.3) is 0 Å². The molecule has 1 aliphatic rings. The van der Waals surface area contributed by atoms with Crippen LogP contribution in [0.1, 0.15) is 37.8 Å². The number of benzene rings is 1. The van der Waals surface area contributed by atoms with E-state index in [4.69, 9.17) is 9.47 Å². The van der Waals surface area contributed by atoms with Gasteiger partial charge in [0.15, 0.2) is 0 Å². The number of nitrogens with one attached hydrogen (secondary N) is 1. The van der Waals surface area contributed by atoms with E-state index in [0.717, 1.165) is 42.8 Å². The summed E-state index contributed by atoms with van der Waals surface area (Å²) in [5, 5.41) is 0. The van der Waals surface area contributed by atoms with Gasteiger partial charge in [-0.3, -0.25) is 4.90 Å². The standard InChI is InChI=1S/C20H34N2O4S/c1-6-17(7-2)19(22-8-10-26-11-9-22)14-21-27(23,24)18-12-15(3)20(25-5)16(4)13-18/h12-13,17,19,21H,6-11,14H2,1-5H3. The van der Waals surface area contributed by atoms with Crippen LogP contribution in [0, 0.1) is 19.8 Å². The zero-order chi connectivity index (χ0) is 20.0. The van der Waals surface area contributed by atoms with Gasteiger partial charge in [-0.2, -0.15) is 0 Å². The van der Waals surface area contributed by atoms with Crippen LogP contribution in [0.4, 0.5) is 0 Å². The Kier molecular flexibility index (Phi) is 8.09. The molecule has 27 heavy (non-hydrogen) atoms. The molecule has 1 aromatic rings. The van der Waals surface area contributed by atoms with E-state index in [1.54, 1.807) is 19.2 Å². The fourth-order valence-electron chi connectivity index (χ4n) is 4.00. The van der Waals surface area contributed by atoms with E-state index < -0.39 is 10.0 Å². The molecule has 0 radical (unpaired) electrons. The third-order valence-electron chi connectivity index (χ3n) is 5.54. The van der Waals surface area contributed by atoms with Crippen molar-refractivity contribution >= 4 is 10.0 Å². The molecule has 154 valence electrons. The zero-order valence-corrected chi connectivity index (χ0v) is 18.1. The number of nitrogens with zero attached hydrogens (tertiary/aromatic N) is 1. The Morgan fingerprint density at radius 2 is 1.70 bits per heavy atom. The highest BCUT2D eigenvalue weighted by Crippen LogP contribution is 2.27. The molecule has 0 aliphatic carbocycles. The maximum Gasteiger partial charge on any atom is 0.240 e. The zero-order valence-electron chi connectivity index (χ0n) is 17.2. The molecule has 1 N–H and O–H groups in total. The molecule has 6 nitrogen and oxygen atoms in total. The summed E-state index contributed by atoms with van der Waals surface area (Å²) < 4.78 is 39.5. The summed E-state index contributed by atoms with van der Waals surface area (Å²) in [6.07, 6.45) is 2.06. The van der Waals surface area contributed by atoms with E-state index >= 15 is 0 Å². The van der Waals surface area contributed by atoms with E-state index in [1.165, 1.54) is 0 Å². The van der Waals surface area contributed by atoms with Crippen molar-refractivity contribution in [2.24, 2.45) is 5.92 Å². The number of hydrogen-bond donors (Lipinski definition) is 1. The largest absolute Gasteiger partial charge is 0.496 e. The molecule has 1 heterocycles. The fourth-order valence-corrected chi connectivity index (χ4v) is 5.22. The Morgan fingerprint density at radius 1 is 1.15 bits per heavy atom. The minimum atomic E-state index is -3.58. The maximum atomic E-state index is 12.9. The van der Waals surface area contributed by atoms with Crippen molar-refractivity contribution in [2.75, 3.05) is 40.0 Å². The second-order valence-corrected chi connectivity index (χ2v) is 9.00. The van der Waals surface area contributed by atoms with Gasteiger partial charge in [0, 0.05) is 25.7 Å². The quantitative estimate of drug-likeness (QED) is 0.693. The first-order valence-corrected chi connectivity index (χ1v) is 11.3. The lowest BCUT2D eigenvalue weighted by molar-refractivity contribution is 0.00297. The van der Waals surface area contributed by atoms with E-state index in [1.807, 2.05) is 13.8 Å². The van der Waals surface area contributed by atoms with E-state index in [9.17, 15) is 8.42 Å². The molecule has 1 aliphatic heterocycles. The van der Waals surface area contributed by atoms with Crippen molar-refractivity contribution in [3.8, 4) is 5.75 Å². The van der Waals surface area contributed by atoms with Gasteiger partial charge in [0.1, 0.15) is 5.75 Å². The predicted octanol–water partition coefficient (Wildman–Crippen LogP) is 2.73. The van der Waals surface area contributed by atoms with Crippen LogP contribution in [-0.4, -0.2) is 59.3 Å². The monoisotopic (exact) mass is 398 g/mol. The molecule has 0 spiro atoms. The molecule has 0 bridgehead atoms. The molecule has 0 aromatic heterocycles. The van der Waals surface area contributed by atoms with Crippen LogP contribution >= 0.6 is 0 Å². The van der Waals surface area contributed by atoms with Crippen LogP contribution in [0.3, 0.4) is 0 Å². The van der Waals surface area contributed by atoms with Crippen molar-refractivity contribution in [3.63, 3.8) is 0 Å². The summed E-state index contributed by atoms with van der Waals surface area (Å²) in [5.41, 5.74) is 1.64. The summed E-state index contributed by atoms with van der Waals surface area (Å²) in [4.78, 5) is 2.66. The molecule has 1 fully saturated rings. The highest BCUT2D eigenvalue weighted by molar-refractivity contribution is 7.89. The van der Waals surface area contributed by atoms with Gasteiger partial charge in [0.2, 0.25) is 10.0 Å². The van der Waals surface area contributed by atoms with Gasteiger partial charge < -0.3 is 9.47 Å². The van der Waals surface area contributed by atoms with Crippen LogP contribution < -0.4 is 9.46 Å². The molecule has 1 atom stereocenters. The summed E-state index contributed by atoms with van der Waals surface area (Å²) in [6, 6.07) is 3.53. The summed E-state index contributed by atoms with van der Waals surface area (Å²) in [5.74, 6) is 1.18. The van der Waals surface area contributed by atoms with Gasteiger partial charge in [0.05, 0.1) is 25.2 Å². The van der Waals surface area contributed by atoms with E-state index in [2.05, 4.69) is 23.5 Å². The SMILES string of the molecule is CCC(CC)C(CNS(=O)(=O)c1cc(C)c(OC)c(C)c1)N1CCOCC1. The molecule has 1 unspecified atom stereocenters. The maximum absolute atomic E-state index is 12.9. The average molecular weight is 399 g/mol. The molecule has 0 saturated carbocycles. The number of sulfonamides is 1. The van der Waals surface area contributed by atoms with Crippen molar-refractivity contribution < 1.29 is 17.9 Å². The predicted molar refractivity (Wildman–Crippen MR) is 108 cm³/mol. The highest BCUT2D eigenvalue weighted by atomic mass is 32.2. The lowest BCUT2D eigenvalue weighted by atomic mass is 9.92. The Bertz CT molecular complexity index is 688. The van der Waals surface area contributed by atoms with E-state index in [0.29, 0.717) is 30.6 Å². The van der Waals surface area contributed by atoms with Gasteiger partial charge in [-0.25, -0.2) is 13.1 Å². The lowest BCUT2D eigenvalue weighted by Crippen LogP contribution is -2.52. The number of hydrogen-bond acceptors (Lipinski definition) is 5. The first kappa shape index (κ1) is 22.1. The van der Waals surface area contributed by atoms with Crippen LogP contribution in [0.25, 0.3) is 0 Å². The highest BCUT2D eigenvalue weighted by Gasteiger charge is 2.28. The van der Waals surface area contributed by atoms with Gasteiger partial charge in [-0.05, 0) is 43.0 Å². The Balaban J connectivity index is 2.19. The fraction of sp³-hybridized carbons (Fsp3) is 0.700. The summed E-state index contributed by atoms with van der Waals surface area (Å²) in [6.45, 7) is 11.6. The summed E-state index contributed by atoms with van der Waals surface area (Å²) in [7, 11) is -1.98. The number of rotatable bonds is 9. The normalized spacial score (nSPS) is 17.3. The Labute approximate surface area is 164 Å². The molecule has 2 rings (SSSR count). The number of morpholine rings is 1. The molecule has 1 aromatic carbocycles. The van der Waals surface area contributed by atoms with Crippen molar-refractivity contribution in [3.05, 3.63) is 23.3 Å². The van der Waals surface area contributed by atoms with E-state index in [-0.39, 0.29) is 6.04 Å². The van der Waals surface area contributed by atoms with Crippen LogP contribution in [0.15, 0.2) is 17.0 Å². The topological polar surface area (TPSA) is 67.9 Å². The first-order chi connectivity index (χ1) is 12.8. The number of methoxy groups -OCH3 is 1. The third kappa shape index (κ3) is 5.44. The smallest absolute Gasteiger partial charge is 0.240 e. The Hall–Kier alpha value is -1.15. The first-order valence-electron chi connectivity index (χ1n) is 9.80. The van der Waals surface area contributed by atoms with Crippen LogP contribution in [0.5, 0.6) is 5.75 Å². The number of ether oxygens (including phenoxy) is 2. The summed E-state index contributed by atoms with van der Waals surface area (Å²) >= 11 is 0. The van der Waals surface area contributed by atoms with Crippen molar-refractivity contribution in [1.29, 1.82) is 0 Å². The molecular weight excluding hydrogens is 364 g/mol. The van der Waals surface area contributed by atoms with Gasteiger partial charge >= 0.3 is 0 Å². The van der Waals surface area contributed by atoms with Gasteiger partial charge in [-0.1, -0.05) is 26.7 Å². The lowest BCUT2D eigenvalue weighted by Gasteiger charge is -2.38. The molecular formula is C20H34N2O4S. The Morgan fingerprint density at radius 3 is 2.19 bits per heavy atom. The van der Waals surface area contributed by atoms with Crippen LogP contribution in [0.2, 0.25) is 0 Å². The van der Waals surface area contributed by atoms with Gasteiger partial charge in [-0.15, -0.1) is 0 Å². The third-order valence-corrected chi connectivity index (χ3v) is 6.94. The minimum absolute atomic E-state index is 0.180. The second-order valence-electron chi connectivity index (χ2n) is 7.23. The molecule has 7 heteroatoms. The van der Waals surface area contributed by atoms with Crippen molar-refractivity contribution in [1.82, 2.24) is 9.62 Å². The number of aryl methyl sites for hydroxylation is 2. The van der Waals surface area contributed by atoms with Crippen LogP contribution in [-0.2, 0) is 14.8 Å². The molecule has 0 amide bonds. The molecule has 1 saturated heterocycles. The minimum Gasteiger partial charge on any atom is -0.496 e. The average Bonchev–Trinajstić information content (AvgIpc) is 2.65. The van der Waals surface area contributed by atoms with Crippen molar-refractivity contribution in [2.45, 2.75) is 51.5 Å².